The Balaban J connectivity index is -0.000000705. The Morgan fingerprint density at radius 3 is 1.78 bits per heavy atom. The van der Waals surface area contributed by atoms with E-state index in [1.807, 2.05) is 33.8 Å². The third-order valence-corrected chi connectivity index (χ3v) is 3.29. The molecule has 0 aromatic heterocycles. The summed E-state index contributed by atoms with van der Waals surface area (Å²) in [6, 6.07) is 0. The largest absolute Gasteiger partial charge is 0.429 e. The fourth-order valence-electron chi connectivity index (χ4n) is 1.48. The number of hydrogen-bond acceptors (Lipinski definition) is 2. The van der Waals surface area contributed by atoms with Gasteiger partial charge in [0.2, 0.25) is 0 Å². The van der Waals surface area contributed by atoms with Crippen molar-refractivity contribution in [1.82, 2.24) is 0 Å². The molecule has 0 heterocycles. The highest BCUT2D eigenvalue weighted by atomic mass is 19.4. The average Bonchev–Trinajstić information content (AvgIpc) is 2.60. The molecule has 0 unspecified atom stereocenters. The van der Waals surface area contributed by atoms with Crippen LogP contribution in [0, 0.1) is 0 Å². The van der Waals surface area contributed by atoms with Crippen molar-refractivity contribution in [2.45, 2.75) is 80.8 Å². The van der Waals surface area contributed by atoms with Gasteiger partial charge in [-0.3, -0.25) is 4.79 Å². The Hall–Kier alpha value is -1.91. The van der Waals surface area contributed by atoms with Crippen molar-refractivity contribution in [3.05, 3.63) is 47.7 Å². The maximum atomic E-state index is 12.5. The molecule has 0 aromatic rings. The van der Waals surface area contributed by atoms with Crippen molar-refractivity contribution in [3.63, 3.8) is 0 Å². The minimum atomic E-state index is -4.54. The van der Waals surface area contributed by atoms with Gasteiger partial charge in [-0.15, -0.1) is 6.58 Å². The lowest BCUT2D eigenvalue weighted by Crippen LogP contribution is -2.20. The molecule has 0 aliphatic rings. The molecule has 0 saturated heterocycles. The van der Waals surface area contributed by atoms with Crippen LogP contribution in [0.25, 0.3) is 0 Å². The zero-order valence-corrected chi connectivity index (χ0v) is 18.2. The predicted octanol–water partition coefficient (Wildman–Crippen LogP) is 7.78. The van der Waals surface area contributed by atoms with E-state index in [1.165, 1.54) is 18.6 Å². The number of Topliss-reactive ketones (excluding diaryl/α,β-unsaturated/α-hetero) is 1. The SMILES string of the molecule is C=C(C)CC.C=CC(=C\CCC)/C(C)=C(/N=C(C)C(F)(F)F)C(C)=O.CC. The third kappa shape index (κ3) is 14.9. The Labute approximate surface area is 163 Å². The van der Waals surface area contributed by atoms with Crippen LogP contribution in [0.5, 0.6) is 0 Å². The van der Waals surface area contributed by atoms with Gasteiger partial charge in [0.05, 0.1) is 0 Å². The quantitative estimate of drug-likeness (QED) is 0.190. The van der Waals surface area contributed by atoms with Gasteiger partial charge in [0.1, 0.15) is 11.4 Å². The maximum Gasteiger partial charge on any atom is 0.429 e. The Bertz CT molecular complexity index is 565. The molecular formula is C22H36F3NO. The van der Waals surface area contributed by atoms with E-state index in [0.29, 0.717) is 11.1 Å². The smallest absolute Gasteiger partial charge is 0.293 e. The molecule has 0 N–H and O–H groups in total. The predicted molar refractivity (Wildman–Crippen MR) is 112 cm³/mol. The monoisotopic (exact) mass is 387 g/mol. The van der Waals surface area contributed by atoms with E-state index in [0.717, 1.165) is 26.2 Å². The average molecular weight is 388 g/mol. The fraction of sp³-hybridized carbons (Fsp3) is 0.545. The van der Waals surface area contributed by atoms with E-state index in [2.05, 4.69) is 25.1 Å². The number of hydrogen-bond donors (Lipinski definition) is 0. The first-order valence-corrected chi connectivity index (χ1v) is 9.23. The van der Waals surface area contributed by atoms with Gasteiger partial charge in [-0.2, -0.15) is 13.2 Å². The van der Waals surface area contributed by atoms with Crippen LogP contribution in [0.2, 0.25) is 0 Å². The van der Waals surface area contributed by atoms with Crippen LogP contribution in [0.1, 0.15) is 74.7 Å². The van der Waals surface area contributed by atoms with E-state index in [4.69, 9.17) is 0 Å². The molecule has 2 nitrogen and oxygen atoms in total. The van der Waals surface area contributed by atoms with Gasteiger partial charge >= 0.3 is 6.18 Å². The lowest BCUT2D eigenvalue weighted by molar-refractivity contribution is -0.113. The molecule has 0 aromatic carbocycles. The molecular weight excluding hydrogens is 351 g/mol. The van der Waals surface area contributed by atoms with Gasteiger partial charge in [-0.05, 0) is 44.8 Å². The van der Waals surface area contributed by atoms with Gasteiger partial charge in [0.25, 0.3) is 0 Å². The van der Waals surface area contributed by atoms with Crippen molar-refractivity contribution < 1.29 is 18.0 Å². The first-order chi connectivity index (χ1) is 12.4. The van der Waals surface area contributed by atoms with E-state index in [-0.39, 0.29) is 5.70 Å². The highest BCUT2D eigenvalue weighted by Gasteiger charge is 2.32. The Morgan fingerprint density at radius 2 is 1.52 bits per heavy atom. The number of ketones is 1. The normalized spacial score (nSPS) is 12.7. The van der Waals surface area contributed by atoms with Crippen LogP contribution in [-0.4, -0.2) is 17.7 Å². The number of rotatable bonds is 7. The number of allylic oxidation sites excluding steroid dienone is 6. The second-order valence-corrected chi connectivity index (χ2v) is 5.69. The first-order valence-electron chi connectivity index (χ1n) is 9.23. The van der Waals surface area contributed by atoms with Gasteiger partial charge in [0.15, 0.2) is 5.78 Å². The summed E-state index contributed by atoms with van der Waals surface area (Å²) >= 11 is 0. The van der Waals surface area contributed by atoms with Crippen LogP contribution < -0.4 is 0 Å². The molecule has 156 valence electrons. The standard InChI is InChI=1S/C15H20F3NO.C5H10.C2H6/c1-6-8-9-13(7-2)10(3)14(11(4)20)19-12(5)15(16,17)18;1-4-5(2)3;1-2/h7,9H,2,6,8H2,1,3-5H3;2,4H2,1,3H3;1-2H3/b13-9+,14-10+,19-12?;;. The number of unbranched alkanes of at least 4 members (excludes halogenated alkanes) is 1. The van der Waals surface area contributed by atoms with E-state index in [9.17, 15) is 18.0 Å². The summed E-state index contributed by atoms with van der Waals surface area (Å²) in [5, 5.41) is 0. The van der Waals surface area contributed by atoms with Crippen LogP contribution >= 0.6 is 0 Å². The molecule has 0 radical (unpaired) electrons. The third-order valence-electron chi connectivity index (χ3n) is 3.29. The Kier molecular flexibility index (Phi) is 18.0. The molecule has 0 aliphatic carbocycles. The zero-order chi connectivity index (χ0) is 22.2. The van der Waals surface area contributed by atoms with Gasteiger partial charge in [-0.25, -0.2) is 4.99 Å². The lowest BCUT2D eigenvalue weighted by Gasteiger charge is -2.10. The fourth-order valence-corrected chi connectivity index (χ4v) is 1.48. The zero-order valence-electron chi connectivity index (χ0n) is 18.2. The van der Waals surface area contributed by atoms with Crippen molar-refractivity contribution >= 4 is 11.5 Å². The molecule has 0 spiro atoms. The summed E-state index contributed by atoms with van der Waals surface area (Å²) in [6.45, 7) is 21.0. The lowest BCUT2D eigenvalue weighted by atomic mass is 10.0. The number of halogens is 3. The first kappa shape index (κ1) is 29.8. The van der Waals surface area contributed by atoms with E-state index < -0.39 is 17.7 Å². The second kappa shape index (κ2) is 16.3. The van der Waals surface area contributed by atoms with Gasteiger partial charge < -0.3 is 0 Å². The number of alkyl halides is 3. The summed E-state index contributed by atoms with van der Waals surface area (Å²) in [5.41, 5.74) is 1.08. The molecule has 0 bridgehead atoms. The van der Waals surface area contributed by atoms with Crippen molar-refractivity contribution in [2.75, 3.05) is 0 Å². The molecule has 0 atom stereocenters. The van der Waals surface area contributed by atoms with Crippen molar-refractivity contribution in [3.8, 4) is 0 Å². The number of carbonyl (C=O) groups is 1. The van der Waals surface area contributed by atoms with Crippen LogP contribution in [0.4, 0.5) is 13.2 Å². The summed E-state index contributed by atoms with van der Waals surface area (Å²) in [7, 11) is 0. The minimum absolute atomic E-state index is 0.179. The number of nitrogens with zero attached hydrogens (tertiary/aromatic N) is 1. The summed E-state index contributed by atoms with van der Waals surface area (Å²) in [6.07, 6.45) is 1.58. The molecule has 0 saturated carbocycles. The van der Waals surface area contributed by atoms with Gasteiger partial charge in [0, 0.05) is 6.92 Å². The molecule has 0 aliphatic heterocycles. The highest BCUT2D eigenvalue weighted by Crippen LogP contribution is 2.23. The van der Waals surface area contributed by atoms with E-state index >= 15 is 0 Å². The van der Waals surface area contributed by atoms with Gasteiger partial charge in [-0.1, -0.05) is 58.4 Å². The molecule has 0 rings (SSSR count). The minimum Gasteiger partial charge on any atom is -0.293 e. The molecule has 0 fully saturated rings. The highest BCUT2D eigenvalue weighted by molar-refractivity contribution is 5.99. The summed E-state index contributed by atoms with van der Waals surface area (Å²) in [4.78, 5) is 15.0. The van der Waals surface area contributed by atoms with Crippen molar-refractivity contribution in [2.24, 2.45) is 4.99 Å². The Morgan fingerprint density at radius 1 is 1.07 bits per heavy atom. The summed E-state index contributed by atoms with van der Waals surface area (Å²) < 4.78 is 37.6. The number of carbonyl (C=O) groups excluding carboxylic acids is 1. The summed E-state index contributed by atoms with van der Waals surface area (Å²) in [5.74, 6) is -0.504. The van der Waals surface area contributed by atoms with Crippen molar-refractivity contribution in [1.29, 1.82) is 0 Å². The van der Waals surface area contributed by atoms with Crippen LogP contribution in [-0.2, 0) is 4.79 Å². The van der Waals surface area contributed by atoms with E-state index in [1.54, 1.807) is 6.92 Å². The molecule has 5 heteroatoms. The number of aliphatic imine (C=N–C) groups is 1. The molecule has 0 amide bonds. The molecule has 27 heavy (non-hydrogen) atoms. The van der Waals surface area contributed by atoms with Crippen LogP contribution in [0.3, 0.4) is 0 Å². The van der Waals surface area contributed by atoms with Crippen LogP contribution in [0.15, 0.2) is 52.7 Å². The second-order valence-electron chi connectivity index (χ2n) is 5.69. The maximum absolute atomic E-state index is 12.5. The topological polar surface area (TPSA) is 29.4 Å².